The van der Waals surface area contributed by atoms with Gasteiger partial charge in [0.25, 0.3) is 0 Å². The van der Waals surface area contributed by atoms with Crippen LogP contribution in [0.1, 0.15) is 49.4 Å². The lowest BCUT2D eigenvalue weighted by Crippen LogP contribution is -2.16. The Labute approximate surface area is 125 Å². The van der Waals surface area contributed by atoms with Gasteiger partial charge in [-0.2, -0.15) is 5.10 Å². The largest absolute Gasteiger partial charge is 0.508 e. The van der Waals surface area contributed by atoms with E-state index in [0.29, 0.717) is 18.3 Å². The number of phenolic OH excluding ortho intramolecular Hbond substituents is 1. The molecule has 1 heterocycles. The molecular formula is C17H23N3O. The zero-order valence-corrected chi connectivity index (χ0v) is 12.3. The van der Waals surface area contributed by atoms with Crippen LogP contribution in [0.25, 0.3) is 0 Å². The van der Waals surface area contributed by atoms with Gasteiger partial charge in [0.15, 0.2) is 0 Å². The van der Waals surface area contributed by atoms with Gasteiger partial charge in [0.05, 0.1) is 11.7 Å². The summed E-state index contributed by atoms with van der Waals surface area (Å²) in [7, 11) is 0. The molecule has 4 heteroatoms. The van der Waals surface area contributed by atoms with E-state index >= 15 is 0 Å². The van der Waals surface area contributed by atoms with Gasteiger partial charge in [0.2, 0.25) is 0 Å². The fourth-order valence-corrected chi connectivity index (χ4v) is 3.01. The molecule has 0 radical (unpaired) electrons. The third-order valence-electron chi connectivity index (χ3n) is 4.23. The molecule has 0 unspecified atom stereocenters. The molecule has 0 spiro atoms. The highest BCUT2D eigenvalue weighted by Crippen LogP contribution is 2.27. The van der Waals surface area contributed by atoms with Crippen molar-refractivity contribution in [3.05, 3.63) is 47.8 Å². The quantitative estimate of drug-likeness (QED) is 0.885. The van der Waals surface area contributed by atoms with Crippen LogP contribution in [-0.4, -0.2) is 14.9 Å². The van der Waals surface area contributed by atoms with Crippen LogP contribution in [0, 0.1) is 0 Å². The average Bonchev–Trinajstić information content (AvgIpc) is 2.99. The fourth-order valence-electron chi connectivity index (χ4n) is 3.01. The summed E-state index contributed by atoms with van der Waals surface area (Å²) in [6.45, 7) is 1.39. The number of phenols is 1. The highest BCUT2D eigenvalue weighted by atomic mass is 16.3. The summed E-state index contributed by atoms with van der Waals surface area (Å²) in [5.74, 6) is 0.345. The molecule has 1 fully saturated rings. The van der Waals surface area contributed by atoms with Gasteiger partial charge in [0.1, 0.15) is 5.75 Å². The number of hydrogen-bond donors (Lipinski definition) is 2. The molecule has 1 aliphatic carbocycles. The van der Waals surface area contributed by atoms with Crippen molar-refractivity contribution in [2.24, 2.45) is 0 Å². The molecule has 1 aromatic heterocycles. The molecule has 0 saturated heterocycles. The molecule has 0 bridgehead atoms. The smallest absolute Gasteiger partial charge is 0.120 e. The first-order valence-electron chi connectivity index (χ1n) is 7.84. The van der Waals surface area contributed by atoms with Crippen molar-refractivity contribution in [3.8, 4) is 5.75 Å². The van der Waals surface area contributed by atoms with Crippen LogP contribution in [0.4, 0.5) is 0 Å². The van der Waals surface area contributed by atoms with Crippen molar-refractivity contribution in [2.45, 2.75) is 51.2 Å². The van der Waals surface area contributed by atoms with Gasteiger partial charge in [-0.1, -0.05) is 37.5 Å². The Morgan fingerprint density at radius 2 is 1.90 bits per heavy atom. The van der Waals surface area contributed by atoms with Crippen molar-refractivity contribution in [1.82, 2.24) is 15.1 Å². The number of benzene rings is 1. The van der Waals surface area contributed by atoms with E-state index < -0.39 is 0 Å². The number of nitrogens with zero attached hydrogens (tertiary/aromatic N) is 2. The van der Waals surface area contributed by atoms with Crippen LogP contribution < -0.4 is 5.32 Å². The second-order valence-electron chi connectivity index (χ2n) is 5.81. The van der Waals surface area contributed by atoms with E-state index in [1.165, 1.54) is 32.1 Å². The monoisotopic (exact) mass is 285 g/mol. The summed E-state index contributed by atoms with van der Waals surface area (Å²) in [4.78, 5) is 0. The predicted octanol–water partition coefficient (Wildman–Crippen LogP) is 3.38. The van der Waals surface area contributed by atoms with Crippen LogP contribution in [0.2, 0.25) is 0 Å². The highest BCUT2D eigenvalue weighted by molar-refractivity contribution is 5.31. The van der Waals surface area contributed by atoms with E-state index in [-0.39, 0.29) is 0 Å². The lowest BCUT2D eigenvalue weighted by molar-refractivity contribution is 0.327. The lowest BCUT2D eigenvalue weighted by Gasteiger charge is -2.21. The first-order chi connectivity index (χ1) is 10.3. The standard InChI is InChI=1S/C17H23N3O/c21-17-9-5-4-6-14(17)12-18-13-15-10-11-20(19-15)16-7-2-1-3-8-16/h4-6,9-11,16,18,21H,1-3,7-8,12-13H2. The second kappa shape index (κ2) is 6.76. The van der Waals surface area contributed by atoms with Crippen molar-refractivity contribution < 1.29 is 5.11 Å². The Morgan fingerprint density at radius 1 is 1.10 bits per heavy atom. The van der Waals surface area contributed by atoms with Crippen LogP contribution in [0.3, 0.4) is 0 Å². The molecule has 2 aromatic rings. The normalized spacial score (nSPS) is 16.2. The minimum atomic E-state index is 0.345. The third-order valence-corrected chi connectivity index (χ3v) is 4.23. The SMILES string of the molecule is Oc1ccccc1CNCc1ccn(C2CCCCC2)n1. The molecule has 3 rings (SSSR count). The molecule has 112 valence electrons. The summed E-state index contributed by atoms with van der Waals surface area (Å²) in [5, 5.41) is 17.7. The first kappa shape index (κ1) is 14.1. The zero-order chi connectivity index (χ0) is 14.5. The number of para-hydroxylation sites is 1. The first-order valence-corrected chi connectivity index (χ1v) is 7.84. The summed E-state index contributed by atoms with van der Waals surface area (Å²) in [6.07, 6.45) is 8.63. The average molecular weight is 285 g/mol. The Morgan fingerprint density at radius 3 is 2.71 bits per heavy atom. The van der Waals surface area contributed by atoms with E-state index in [2.05, 4.69) is 27.4 Å². The minimum absolute atomic E-state index is 0.345. The summed E-state index contributed by atoms with van der Waals surface area (Å²) in [5.41, 5.74) is 1.99. The Hall–Kier alpha value is -1.81. The Kier molecular flexibility index (Phi) is 4.55. The van der Waals surface area contributed by atoms with Crippen LogP contribution in [0.5, 0.6) is 5.75 Å². The van der Waals surface area contributed by atoms with E-state index in [0.717, 1.165) is 17.8 Å². The van der Waals surface area contributed by atoms with Crippen molar-refractivity contribution in [3.63, 3.8) is 0 Å². The van der Waals surface area contributed by atoms with Crippen LogP contribution in [-0.2, 0) is 13.1 Å². The molecule has 1 aliphatic rings. The Bertz CT molecular complexity index is 573. The highest BCUT2D eigenvalue weighted by Gasteiger charge is 2.15. The molecular weight excluding hydrogens is 262 g/mol. The number of nitrogens with one attached hydrogen (secondary N) is 1. The van der Waals surface area contributed by atoms with Gasteiger partial charge in [-0.3, -0.25) is 4.68 Å². The molecule has 0 amide bonds. The molecule has 21 heavy (non-hydrogen) atoms. The van der Waals surface area contributed by atoms with E-state index in [4.69, 9.17) is 0 Å². The van der Waals surface area contributed by atoms with Crippen LogP contribution in [0.15, 0.2) is 36.5 Å². The fraction of sp³-hybridized carbons (Fsp3) is 0.471. The lowest BCUT2D eigenvalue weighted by atomic mass is 9.96. The van der Waals surface area contributed by atoms with Gasteiger partial charge in [-0.05, 0) is 25.0 Å². The van der Waals surface area contributed by atoms with Crippen molar-refractivity contribution >= 4 is 0 Å². The second-order valence-corrected chi connectivity index (χ2v) is 5.81. The molecule has 0 atom stereocenters. The third kappa shape index (κ3) is 3.64. The van der Waals surface area contributed by atoms with E-state index in [1.807, 2.05) is 18.2 Å². The van der Waals surface area contributed by atoms with Gasteiger partial charge >= 0.3 is 0 Å². The van der Waals surface area contributed by atoms with Crippen LogP contribution >= 0.6 is 0 Å². The summed E-state index contributed by atoms with van der Waals surface area (Å²) < 4.78 is 2.14. The van der Waals surface area contributed by atoms with Crippen molar-refractivity contribution in [1.29, 1.82) is 0 Å². The van der Waals surface area contributed by atoms with Gasteiger partial charge in [-0.15, -0.1) is 0 Å². The molecule has 0 aliphatic heterocycles. The van der Waals surface area contributed by atoms with Gasteiger partial charge in [-0.25, -0.2) is 0 Å². The summed E-state index contributed by atoms with van der Waals surface area (Å²) >= 11 is 0. The minimum Gasteiger partial charge on any atom is -0.508 e. The zero-order valence-electron chi connectivity index (χ0n) is 12.3. The summed E-state index contributed by atoms with van der Waals surface area (Å²) in [6, 6.07) is 10.1. The van der Waals surface area contributed by atoms with Gasteiger partial charge < -0.3 is 10.4 Å². The van der Waals surface area contributed by atoms with E-state index in [9.17, 15) is 5.11 Å². The number of aromatic hydroxyl groups is 1. The molecule has 1 aromatic carbocycles. The maximum Gasteiger partial charge on any atom is 0.120 e. The van der Waals surface area contributed by atoms with E-state index in [1.54, 1.807) is 6.07 Å². The maximum absolute atomic E-state index is 9.72. The maximum atomic E-state index is 9.72. The number of rotatable bonds is 5. The number of aromatic nitrogens is 2. The molecule has 1 saturated carbocycles. The Balaban J connectivity index is 1.52. The predicted molar refractivity (Wildman–Crippen MR) is 83.0 cm³/mol. The van der Waals surface area contributed by atoms with Gasteiger partial charge in [0, 0.05) is 24.8 Å². The topological polar surface area (TPSA) is 50.1 Å². The number of hydrogen-bond acceptors (Lipinski definition) is 3. The van der Waals surface area contributed by atoms with Crippen molar-refractivity contribution in [2.75, 3.05) is 0 Å². The molecule has 4 nitrogen and oxygen atoms in total. The molecule has 2 N–H and O–H groups in total.